The Labute approximate surface area is 90.3 Å². The molecule has 0 amide bonds. The van der Waals surface area contributed by atoms with Crippen molar-refractivity contribution in [1.82, 2.24) is 4.98 Å². The summed E-state index contributed by atoms with van der Waals surface area (Å²) in [6, 6.07) is 4.66. The first-order valence-electron chi connectivity index (χ1n) is 4.26. The molecule has 2 rings (SSSR count). The number of thiazole rings is 1. The summed E-state index contributed by atoms with van der Waals surface area (Å²) in [5, 5.41) is 0.494. The van der Waals surface area contributed by atoms with Gasteiger partial charge in [-0.1, -0.05) is 17.4 Å². The predicted octanol–water partition coefficient (Wildman–Crippen LogP) is 2.54. The van der Waals surface area contributed by atoms with Gasteiger partial charge in [-0.3, -0.25) is 0 Å². The summed E-state index contributed by atoms with van der Waals surface area (Å²) >= 11 is 1.35. The van der Waals surface area contributed by atoms with Crippen molar-refractivity contribution in [3.63, 3.8) is 0 Å². The molecule has 15 heavy (non-hydrogen) atoms. The fraction of sp³-hybridized carbons (Fsp3) is 0.100. The molecule has 3 nitrogen and oxygen atoms in total. The summed E-state index contributed by atoms with van der Waals surface area (Å²) < 4.78 is 18.0. The van der Waals surface area contributed by atoms with Crippen LogP contribution in [0.4, 0.5) is 9.52 Å². The Balaban J connectivity index is 2.45. The van der Waals surface area contributed by atoms with Crippen molar-refractivity contribution in [1.29, 1.82) is 0 Å². The van der Waals surface area contributed by atoms with Gasteiger partial charge >= 0.3 is 0 Å². The number of nitrogens with zero attached hydrogens (tertiary/aromatic N) is 1. The molecule has 1 heterocycles. The van der Waals surface area contributed by atoms with Crippen LogP contribution in [0.15, 0.2) is 24.4 Å². The summed E-state index contributed by atoms with van der Waals surface area (Å²) in [5.41, 5.74) is 6.37. The van der Waals surface area contributed by atoms with Gasteiger partial charge in [0.2, 0.25) is 0 Å². The Bertz CT molecular complexity index is 484. The van der Waals surface area contributed by atoms with E-state index in [-0.39, 0.29) is 11.6 Å². The zero-order valence-corrected chi connectivity index (χ0v) is 8.84. The second kappa shape index (κ2) is 3.86. The van der Waals surface area contributed by atoms with Gasteiger partial charge in [-0.15, -0.1) is 0 Å². The normalized spacial score (nSPS) is 10.3. The topological polar surface area (TPSA) is 48.1 Å². The van der Waals surface area contributed by atoms with E-state index in [4.69, 9.17) is 10.5 Å². The third-order valence-electron chi connectivity index (χ3n) is 1.96. The van der Waals surface area contributed by atoms with E-state index in [9.17, 15) is 4.39 Å². The number of benzene rings is 1. The molecule has 0 atom stereocenters. The van der Waals surface area contributed by atoms with Crippen molar-refractivity contribution in [3.8, 4) is 16.2 Å². The largest absolute Gasteiger partial charge is 0.494 e. The molecule has 2 N–H and O–H groups in total. The van der Waals surface area contributed by atoms with Gasteiger partial charge in [0.15, 0.2) is 16.7 Å². The number of aromatic nitrogens is 1. The van der Waals surface area contributed by atoms with Gasteiger partial charge in [0.25, 0.3) is 0 Å². The molecule has 0 radical (unpaired) electrons. The van der Waals surface area contributed by atoms with Crippen LogP contribution < -0.4 is 10.5 Å². The van der Waals surface area contributed by atoms with Crippen molar-refractivity contribution >= 4 is 16.5 Å². The number of hydrogen-bond acceptors (Lipinski definition) is 4. The molecule has 0 unspecified atom stereocenters. The quantitative estimate of drug-likeness (QED) is 0.852. The van der Waals surface area contributed by atoms with Crippen LogP contribution in [0.25, 0.3) is 10.4 Å². The zero-order chi connectivity index (χ0) is 10.8. The van der Waals surface area contributed by atoms with E-state index in [1.54, 1.807) is 18.3 Å². The maximum atomic E-state index is 13.1. The lowest BCUT2D eigenvalue weighted by Crippen LogP contribution is -1.87. The number of halogens is 1. The van der Waals surface area contributed by atoms with Crippen LogP contribution in [0.2, 0.25) is 0 Å². The number of ether oxygens (including phenoxy) is 1. The molecule has 2 aromatic rings. The molecular weight excluding hydrogens is 215 g/mol. The second-order valence-corrected chi connectivity index (χ2v) is 3.97. The van der Waals surface area contributed by atoms with E-state index in [0.29, 0.717) is 5.13 Å². The van der Waals surface area contributed by atoms with Crippen LogP contribution in [0, 0.1) is 5.82 Å². The summed E-state index contributed by atoms with van der Waals surface area (Å²) in [7, 11) is 1.43. The minimum atomic E-state index is -0.376. The highest BCUT2D eigenvalue weighted by molar-refractivity contribution is 7.18. The first kappa shape index (κ1) is 9.92. The Morgan fingerprint density at radius 3 is 2.87 bits per heavy atom. The van der Waals surface area contributed by atoms with Gasteiger partial charge in [-0.05, 0) is 17.7 Å². The Kier molecular flexibility index (Phi) is 2.55. The maximum Gasteiger partial charge on any atom is 0.180 e. The fourth-order valence-electron chi connectivity index (χ4n) is 1.23. The van der Waals surface area contributed by atoms with Crippen LogP contribution >= 0.6 is 11.3 Å². The van der Waals surface area contributed by atoms with E-state index < -0.39 is 0 Å². The van der Waals surface area contributed by atoms with Crippen molar-refractivity contribution in [2.75, 3.05) is 12.8 Å². The molecule has 0 aliphatic carbocycles. The summed E-state index contributed by atoms with van der Waals surface area (Å²) in [6.07, 6.45) is 1.66. The molecule has 78 valence electrons. The van der Waals surface area contributed by atoms with Crippen LogP contribution in [0.1, 0.15) is 0 Å². The zero-order valence-electron chi connectivity index (χ0n) is 8.03. The lowest BCUT2D eigenvalue weighted by atomic mass is 10.2. The van der Waals surface area contributed by atoms with Crippen LogP contribution in [-0.4, -0.2) is 12.1 Å². The van der Waals surface area contributed by atoms with Crippen molar-refractivity contribution in [2.45, 2.75) is 0 Å². The molecule has 1 aromatic heterocycles. The highest BCUT2D eigenvalue weighted by Gasteiger charge is 2.07. The Hall–Kier alpha value is -1.62. The Morgan fingerprint density at radius 1 is 1.47 bits per heavy atom. The first-order chi connectivity index (χ1) is 7.20. The fourth-order valence-corrected chi connectivity index (χ4v) is 1.92. The van der Waals surface area contributed by atoms with Gasteiger partial charge in [-0.2, -0.15) is 0 Å². The third kappa shape index (κ3) is 1.92. The number of nitrogens with two attached hydrogens (primary N) is 1. The number of methoxy groups -OCH3 is 1. The van der Waals surface area contributed by atoms with Crippen LogP contribution in [0.3, 0.4) is 0 Å². The minimum Gasteiger partial charge on any atom is -0.494 e. The van der Waals surface area contributed by atoms with Crippen LogP contribution in [-0.2, 0) is 0 Å². The van der Waals surface area contributed by atoms with Crippen LogP contribution in [0.5, 0.6) is 5.75 Å². The number of rotatable bonds is 2. The van der Waals surface area contributed by atoms with E-state index >= 15 is 0 Å². The predicted molar refractivity (Wildman–Crippen MR) is 58.5 cm³/mol. The highest BCUT2D eigenvalue weighted by atomic mass is 32.1. The SMILES string of the molecule is COc1cc(-c2cnc(N)s2)ccc1F. The van der Waals surface area contributed by atoms with Gasteiger partial charge < -0.3 is 10.5 Å². The van der Waals surface area contributed by atoms with Gasteiger partial charge in [0.05, 0.1) is 12.0 Å². The molecule has 0 saturated carbocycles. The summed E-state index contributed by atoms with van der Waals surface area (Å²) in [6.45, 7) is 0. The molecular formula is C10H9FN2OS. The lowest BCUT2D eigenvalue weighted by molar-refractivity contribution is 0.387. The van der Waals surface area contributed by atoms with Crippen molar-refractivity contribution in [2.24, 2.45) is 0 Å². The maximum absolute atomic E-state index is 13.1. The molecule has 0 aliphatic rings. The average Bonchev–Trinajstić information content (AvgIpc) is 2.66. The minimum absolute atomic E-state index is 0.222. The molecule has 1 aromatic carbocycles. The van der Waals surface area contributed by atoms with Gasteiger partial charge in [-0.25, -0.2) is 9.37 Å². The molecule has 5 heteroatoms. The van der Waals surface area contributed by atoms with E-state index in [1.807, 2.05) is 0 Å². The average molecular weight is 224 g/mol. The second-order valence-electron chi connectivity index (χ2n) is 2.91. The Morgan fingerprint density at radius 2 is 2.27 bits per heavy atom. The number of anilines is 1. The third-order valence-corrected chi connectivity index (χ3v) is 2.83. The van der Waals surface area contributed by atoms with E-state index in [2.05, 4.69) is 4.98 Å². The molecule has 0 aliphatic heterocycles. The van der Waals surface area contributed by atoms with Gasteiger partial charge in [0.1, 0.15) is 0 Å². The highest BCUT2D eigenvalue weighted by Crippen LogP contribution is 2.30. The first-order valence-corrected chi connectivity index (χ1v) is 5.07. The molecule has 0 bridgehead atoms. The molecule has 0 saturated heterocycles. The smallest absolute Gasteiger partial charge is 0.180 e. The number of nitrogen functional groups attached to an aromatic ring is 1. The van der Waals surface area contributed by atoms with Crippen molar-refractivity contribution in [3.05, 3.63) is 30.2 Å². The lowest BCUT2D eigenvalue weighted by Gasteiger charge is -2.03. The molecule has 0 fully saturated rings. The van der Waals surface area contributed by atoms with E-state index in [1.165, 1.54) is 24.5 Å². The summed E-state index contributed by atoms with van der Waals surface area (Å²) in [5.74, 6) is -0.154. The molecule has 0 spiro atoms. The van der Waals surface area contributed by atoms with Gasteiger partial charge in [0, 0.05) is 6.20 Å². The standard InChI is InChI=1S/C10H9FN2OS/c1-14-8-4-6(2-3-7(8)11)9-5-13-10(12)15-9/h2-5H,1H3,(H2,12,13). The van der Waals surface area contributed by atoms with E-state index in [0.717, 1.165) is 10.4 Å². The monoisotopic (exact) mass is 224 g/mol. The number of hydrogen-bond donors (Lipinski definition) is 1. The summed E-state index contributed by atoms with van der Waals surface area (Å²) in [4.78, 5) is 4.83. The van der Waals surface area contributed by atoms with Crippen molar-refractivity contribution < 1.29 is 9.13 Å².